The number of rotatable bonds is 3. The molecule has 0 radical (unpaired) electrons. The maximum atomic E-state index is 5.71. The Hall–Kier alpha value is -0.0800. The summed E-state index contributed by atoms with van der Waals surface area (Å²) in [5.41, 5.74) is 5.71. The zero-order valence-electron chi connectivity index (χ0n) is 11.7. The Labute approximate surface area is 107 Å². The van der Waals surface area contributed by atoms with Crippen molar-refractivity contribution >= 4 is 0 Å². The fourth-order valence-electron chi connectivity index (χ4n) is 3.88. The third kappa shape index (κ3) is 3.45. The number of piperidine rings is 1. The topological polar surface area (TPSA) is 29.3 Å². The summed E-state index contributed by atoms with van der Waals surface area (Å²) in [6.45, 7) is 8.42. The highest BCUT2D eigenvalue weighted by atomic mass is 15.2. The van der Waals surface area contributed by atoms with E-state index in [1.165, 1.54) is 51.6 Å². The van der Waals surface area contributed by atoms with Crippen molar-refractivity contribution < 1.29 is 0 Å². The first kappa shape index (κ1) is 13.4. The first-order valence-electron chi connectivity index (χ1n) is 7.64. The molecule has 4 atom stereocenters. The van der Waals surface area contributed by atoms with Gasteiger partial charge in [-0.05, 0) is 62.9 Å². The molecule has 0 aromatic rings. The lowest BCUT2D eigenvalue weighted by Gasteiger charge is -2.44. The van der Waals surface area contributed by atoms with E-state index in [4.69, 9.17) is 5.73 Å². The number of nitrogens with zero attached hydrogens (tertiary/aromatic N) is 1. The maximum absolute atomic E-state index is 5.71. The molecule has 4 unspecified atom stereocenters. The van der Waals surface area contributed by atoms with Crippen molar-refractivity contribution in [1.29, 1.82) is 0 Å². The summed E-state index contributed by atoms with van der Waals surface area (Å²) in [4.78, 5) is 2.80. The Balaban J connectivity index is 1.91. The SMILES string of the molecule is CC1CCC(C)C(N2CCCC(CCN)C2)C1. The van der Waals surface area contributed by atoms with Crippen LogP contribution < -0.4 is 5.73 Å². The number of nitrogens with two attached hydrogens (primary N) is 1. The van der Waals surface area contributed by atoms with E-state index in [9.17, 15) is 0 Å². The summed E-state index contributed by atoms with van der Waals surface area (Å²) in [6.07, 6.45) is 8.33. The average Bonchev–Trinajstić information content (AvgIpc) is 2.33. The van der Waals surface area contributed by atoms with E-state index in [1.54, 1.807) is 0 Å². The Morgan fingerprint density at radius 3 is 2.76 bits per heavy atom. The second-order valence-corrected chi connectivity index (χ2v) is 6.54. The molecule has 2 rings (SSSR count). The second-order valence-electron chi connectivity index (χ2n) is 6.54. The van der Waals surface area contributed by atoms with Gasteiger partial charge in [-0.3, -0.25) is 4.90 Å². The van der Waals surface area contributed by atoms with Crippen molar-refractivity contribution in [1.82, 2.24) is 4.90 Å². The van der Waals surface area contributed by atoms with Crippen molar-refractivity contribution in [2.75, 3.05) is 19.6 Å². The lowest BCUT2D eigenvalue weighted by Crippen LogP contribution is -2.48. The van der Waals surface area contributed by atoms with Crippen LogP contribution in [0.4, 0.5) is 0 Å². The molecular weight excluding hydrogens is 208 g/mol. The summed E-state index contributed by atoms with van der Waals surface area (Å²) in [5, 5.41) is 0. The molecule has 2 aliphatic rings. The Kier molecular flexibility index (Phi) is 4.87. The highest BCUT2D eigenvalue weighted by Crippen LogP contribution is 2.34. The molecule has 0 bridgehead atoms. The van der Waals surface area contributed by atoms with Crippen LogP contribution in [0.15, 0.2) is 0 Å². The van der Waals surface area contributed by atoms with E-state index in [2.05, 4.69) is 18.7 Å². The Morgan fingerprint density at radius 2 is 2.00 bits per heavy atom. The fourth-order valence-corrected chi connectivity index (χ4v) is 3.88. The van der Waals surface area contributed by atoms with Crippen molar-refractivity contribution in [2.24, 2.45) is 23.5 Å². The molecule has 2 N–H and O–H groups in total. The van der Waals surface area contributed by atoms with E-state index in [0.717, 1.165) is 30.3 Å². The average molecular weight is 238 g/mol. The molecule has 17 heavy (non-hydrogen) atoms. The molecule has 2 heteroatoms. The largest absolute Gasteiger partial charge is 0.330 e. The van der Waals surface area contributed by atoms with E-state index in [-0.39, 0.29) is 0 Å². The van der Waals surface area contributed by atoms with Gasteiger partial charge in [0.15, 0.2) is 0 Å². The maximum Gasteiger partial charge on any atom is 0.0123 e. The summed E-state index contributed by atoms with van der Waals surface area (Å²) < 4.78 is 0. The van der Waals surface area contributed by atoms with Crippen LogP contribution in [0.2, 0.25) is 0 Å². The first-order valence-corrected chi connectivity index (χ1v) is 7.64. The van der Waals surface area contributed by atoms with E-state index >= 15 is 0 Å². The molecule has 0 aromatic heterocycles. The van der Waals surface area contributed by atoms with Gasteiger partial charge in [0.05, 0.1) is 0 Å². The van der Waals surface area contributed by atoms with Crippen LogP contribution in [0.25, 0.3) is 0 Å². The fraction of sp³-hybridized carbons (Fsp3) is 1.00. The minimum atomic E-state index is 0.860. The van der Waals surface area contributed by atoms with Crippen LogP contribution in [-0.4, -0.2) is 30.6 Å². The molecule has 1 heterocycles. The van der Waals surface area contributed by atoms with Gasteiger partial charge in [0.25, 0.3) is 0 Å². The Morgan fingerprint density at radius 1 is 1.18 bits per heavy atom. The van der Waals surface area contributed by atoms with E-state index < -0.39 is 0 Å². The van der Waals surface area contributed by atoms with Crippen LogP contribution in [0.3, 0.4) is 0 Å². The third-order valence-electron chi connectivity index (χ3n) is 5.01. The summed E-state index contributed by atoms with van der Waals surface area (Å²) in [7, 11) is 0. The third-order valence-corrected chi connectivity index (χ3v) is 5.01. The number of hydrogen-bond donors (Lipinski definition) is 1. The quantitative estimate of drug-likeness (QED) is 0.819. The normalized spacial score (nSPS) is 40.4. The van der Waals surface area contributed by atoms with Gasteiger partial charge in [0, 0.05) is 12.6 Å². The van der Waals surface area contributed by atoms with Crippen LogP contribution in [-0.2, 0) is 0 Å². The first-order chi connectivity index (χ1) is 8.20. The number of hydrogen-bond acceptors (Lipinski definition) is 2. The van der Waals surface area contributed by atoms with Gasteiger partial charge >= 0.3 is 0 Å². The van der Waals surface area contributed by atoms with Crippen molar-refractivity contribution in [3.8, 4) is 0 Å². The highest BCUT2D eigenvalue weighted by molar-refractivity contribution is 4.86. The molecule has 1 saturated heterocycles. The lowest BCUT2D eigenvalue weighted by molar-refractivity contribution is 0.0516. The second kappa shape index (κ2) is 6.19. The highest BCUT2D eigenvalue weighted by Gasteiger charge is 2.32. The number of likely N-dealkylation sites (tertiary alicyclic amines) is 1. The van der Waals surface area contributed by atoms with Crippen LogP contribution in [0, 0.1) is 17.8 Å². The van der Waals surface area contributed by atoms with E-state index in [0.29, 0.717) is 0 Å². The monoisotopic (exact) mass is 238 g/mol. The van der Waals surface area contributed by atoms with Gasteiger partial charge in [-0.1, -0.05) is 20.3 Å². The molecule has 1 aliphatic carbocycles. The molecule has 100 valence electrons. The molecule has 0 amide bonds. The van der Waals surface area contributed by atoms with Gasteiger partial charge in [-0.15, -0.1) is 0 Å². The van der Waals surface area contributed by atoms with E-state index in [1.807, 2.05) is 0 Å². The summed E-state index contributed by atoms with van der Waals surface area (Å²) in [6, 6.07) is 0.860. The molecule has 1 aliphatic heterocycles. The zero-order valence-corrected chi connectivity index (χ0v) is 11.7. The molecule has 1 saturated carbocycles. The lowest BCUT2D eigenvalue weighted by atomic mass is 9.78. The summed E-state index contributed by atoms with van der Waals surface area (Å²) >= 11 is 0. The predicted molar refractivity (Wildman–Crippen MR) is 73.9 cm³/mol. The van der Waals surface area contributed by atoms with Gasteiger partial charge < -0.3 is 5.73 Å². The van der Waals surface area contributed by atoms with Gasteiger partial charge in [-0.25, -0.2) is 0 Å². The summed E-state index contributed by atoms with van der Waals surface area (Å²) in [5.74, 6) is 2.71. The molecular formula is C15H30N2. The standard InChI is InChI=1S/C15H30N2/c1-12-5-6-13(2)15(10-12)17-9-3-4-14(11-17)7-8-16/h12-15H,3-11,16H2,1-2H3. The van der Waals surface area contributed by atoms with Gasteiger partial charge in [0.2, 0.25) is 0 Å². The molecule has 2 nitrogen and oxygen atoms in total. The van der Waals surface area contributed by atoms with Gasteiger partial charge in [0.1, 0.15) is 0 Å². The molecule has 0 aromatic carbocycles. The Bertz CT molecular complexity index is 227. The van der Waals surface area contributed by atoms with Gasteiger partial charge in [-0.2, -0.15) is 0 Å². The minimum absolute atomic E-state index is 0.860. The van der Waals surface area contributed by atoms with Crippen LogP contribution in [0.5, 0.6) is 0 Å². The predicted octanol–water partition coefficient (Wildman–Crippen LogP) is 2.87. The van der Waals surface area contributed by atoms with Crippen molar-refractivity contribution in [3.05, 3.63) is 0 Å². The molecule has 2 fully saturated rings. The smallest absolute Gasteiger partial charge is 0.0123 e. The zero-order chi connectivity index (χ0) is 12.3. The minimum Gasteiger partial charge on any atom is -0.330 e. The molecule has 0 spiro atoms. The van der Waals surface area contributed by atoms with Crippen molar-refractivity contribution in [3.63, 3.8) is 0 Å². The van der Waals surface area contributed by atoms with Crippen molar-refractivity contribution in [2.45, 2.75) is 58.4 Å². The van der Waals surface area contributed by atoms with Crippen LogP contribution >= 0.6 is 0 Å². The van der Waals surface area contributed by atoms with Crippen LogP contribution in [0.1, 0.15) is 52.4 Å².